The highest BCUT2D eigenvalue weighted by Gasteiger charge is 2.12. The van der Waals surface area contributed by atoms with Gasteiger partial charge < -0.3 is 4.98 Å². The predicted octanol–water partition coefficient (Wildman–Crippen LogP) is 3.18. The van der Waals surface area contributed by atoms with Crippen molar-refractivity contribution in [3.05, 3.63) is 27.5 Å². The fraction of sp³-hybridized carbons (Fsp3) is 0.111. The van der Waals surface area contributed by atoms with Crippen molar-refractivity contribution in [3.8, 4) is 0 Å². The van der Waals surface area contributed by atoms with Crippen LogP contribution in [-0.2, 0) is 0 Å². The molecule has 2 aromatic heterocycles. The molecular formula is C9H6BrClN2O. The number of carbonyl (C=O) groups is 1. The van der Waals surface area contributed by atoms with Gasteiger partial charge in [-0.1, -0.05) is 11.6 Å². The highest BCUT2D eigenvalue weighted by atomic mass is 79.9. The van der Waals surface area contributed by atoms with Crippen molar-refractivity contribution in [2.75, 3.05) is 0 Å². The number of hydrogen-bond donors (Lipinski definition) is 1. The molecule has 3 nitrogen and oxygen atoms in total. The SMILES string of the molecule is CC(=O)c1c[nH]c2nc(Cl)cc(Br)c12. The molecule has 72 valence electrons. The monoisotopic (exact) mass is 272 g/mol. The lowest BCUT2D eigenvalue weighted by molar-refractivity contribution is 0.101. The normalized spacial score (nSPS) is 10.8. The van der Waals surface area contributed by atoms with E-state index >= 15 is 0 Å². The lowest BCUT2D eigenvalue weighted by atomic mass is 10.1. The van der Waals surface area contributed by atoms with Crippen molar-refractivity contribution < 1.29 is 4.79 Å². The summed E-state index contributed by atoms with van der Waals surface area (Å²) in [6.07, 6.45) is 1.64. The van der Waals surface area contributed by atoms with Gasteiger partial charge in [0.15, 0.2) is 5.78 Å². The number of aromatic amines is 1. The second-order valence-electron chi connectivity index (χ2n) is 2.91. The van der Waals surface area contributed by atoms with Gasteiger partial charge in [0.2, 0.25) is 0 Å². The van der Waals surface area contributed by atoms with Gasteiger partial charge in [-0.15, -0.1) is 0 Å². The van der Waals surface area contributed by atoms with E-state index in [0.717, 1.165) is 9.86 Å². The number of nitrogens with zero attached hydrogens (tertiary/aromatic N) is 1. The topological polar surface area (TPSA) is 45.8 Å². The molecule has 0 saturated heterocycles. The van der Waals surface area contributed by atoms with Gasteiger partial charge in [-0.25, -0.2) is 4.98 Å². The average Bonchev–Trinajstić information content (AvgIpc) is 2.47. The van der Waals surface area contributed by atoms with Crippen molar-refractivity contribution in [2.45, 2.75) is 6.92 Å². The van der Waals surface area contributed by atoms with E-state index in [1.807, 2.05) is 0 Å². The molecule has 5 heteroatoms. The Bertz CT molecular complexity index is 521. The zero-order chi connectivity index (χ0) is 10.3. The minimum atomic E-state index is 0.000993. The molecule has 2 aromatic rings. The number of Topliss-reactive ketones (excluding diaryl/α,β-unsaturated/α-hetero) is 1. The highest BCUT2D eigenvalue weighted by molar-refractivity contribution is 9.10. The maximum absolute atomic E-state index is 11.3. The van der Waals surface area contributed by atoms with Gasteiger partial charge in [-0.2, -0.15) is 0 Å². The molecule has 2 heterocycles. The Morgan fingerprint density at radius 3 is 3.00 bits per heavy atom. The third-order valence-electron chi connectivity index (χ3n) is 1.94. The summed E-state index contributed by atoms with van der Waals surface area (Å²) in [5, 5.41) is 1.17. The standard InChI is InChI=1S/C9H6BrClN2O/c1-4(14)5-3-12-9-8(5)6(10)2-7(11)13-9/h2-3H,1H3,(H,12,13). The van der Waals surface area contributed by atoms with Gasteiger partial charge >= 0.3 is 0 Å². The number of hydrogen-bond acceptors (Lipinski definition) is 2. The molecule has 0 aliphatic rings. The van der Waals surface area contributed by atoms with Crippen molar-refractivity contribution in [2.24, 2.45) is 0 Å². The van der Waals surface area contributed by atoms with E-state index in [0.29, 0.717) is 16.4 Å². The fourth-order valence-corrected chi connectivity index (χ4v) is 2.28. The summed E-state index contributed by atoms with van der Waals surface area (Å²) in [6, 6.07) is 1.67. The Kier molecular flexibility index (Phi) is 2.33. The first-order valence-corrected chi connectivity index (χ1v) is 5.10. The summed E-state index contributed by atoms with van der Waals surface area (Å²) in [4.78, 5) is 18.2. The molecule has 0 unspecified atom stereocenters. The van der Waals surface area contributed by atoms with Gasteiger partial charge in [0.25, 0.3) is 0 Å². The molecule has 0 aliphatic carbocycles. The Labute approximate surface area is 93.6 Å². The summed E-state index contributed by atoms with van der Waals surface area (Å²) < 4.78 is 0.777. The molecule has 14 heavy (non-hydrogen) atoms. The Morgan fingerprint density at radius 2 is 2.36 bits per heavy atom. The average molecular weight is 274 g/mol. The van der Waals surface area contributed by atoms with Crippen molar-refractivity contribution in [3.63, 3.8) is 0 Å². The fourth-order valence-electron chi connectivity index (χ4n) is 1.34. The Balaban J connectivity index is 2.85. The van der Waals surface area contributed by atoms with Crippen LogP contribution in [0.2, 0.25) is 5.15 Å². The maximum atomic E-state index is 11.3. The number of fused-ring (bicyclic) bond motifs is 1. The summed E-state index contributed by atoms with van der Waals surface area (Å²) in [6.45, 7) is 1.52. The van der Waals surface area contributed by atoms with E-state index in [1.165, 1.54) is 6.92 Å². The summed E-state index contributed by atoms with van der Waals surface area (Å²) in [7, 11) is 0. The number of carbonyl (C=O) groups excluding carboxylic acids is 1. The number of halogens is 2. The van der Waals surface area contributed by atoms with Crippen LogP contribution in [0, 0.1) is 0 Å². The van der Waals surface area contributed by atoms with E-state index < -0.39 is 0 Å². The molecule has 0 saturated carbocycles. The van der Waals surface area contributed by atoms with Crippen LogP contribution >= 0.6 is 27.5 Å². The number of aromatic nitrogens is 2. The minimum Gasteiger partial charge on any atom is -0.345 e. The van der Waals surface area contributed by atoms with E-state index in [1.54, 1.807) is 12.3 Å². The molecule has 0 fully saturated rings. The van der Waals surface area contributed by atoms with Gasteiger partial charge in [0.1, 0.15) is 10.8 Å². The third-order valence-corrected chi connectivity index (χ3v) is 2.76. The zero-order valence-corrected chi connectivity index (χ0v) is 9.61. The van der Waals surface area contributed by atoms with Crippen LogP contribution in [0.25, 0.3) is 11.0 Å². The molecule has 2 rings (SSSR count). The second-order valence-corrected chi connectivity index (χ2v) is 4.15. The maximum Gasteiger partial charge on any atom is 0.162 e. The Morgan fingerprint density at radius 1 is 1.64 bits per heavy atom. The van der Waals surface area contributed by atoms with Gasteiger partial charge in [-0.3, -0.25) is 4.79 Å². The molecule has 0 spiro atoms. The van der Waals surface area contributed by atoms with Crippen LogP contribution in [-0.4, -0.2) is 15.8 Å². The van der Waals surface area contributed by atoms with E-state index in [9.17, 15) is 4.79 Å². The van der Waals surface area contributed by atoms with Gasteiger partial charge in [0, 0.05) is 21.6 Å². The van der Waals surface area contributed by atoms with Gasteiger partial charge in [0.05, 0.1) is 0 Å². The summed E-state index contributed by atoms with van der Waals surface area (Å²) in [5.41, 5.74) is 1.24. The van der Waals surface area contributed by atoms with E-state index in [2.05, 4.69) is 25.9 Å². The molecular weight excluding hydrogens is 267 g/mol. The first-order valence-electron chi connectivity index (χ1n) is 3.93. The van der Waals surface area contributed by atoms with Crippen LogP contribution in [0.4, 0.5) is 0 Å². The lowest BCUT2D eigenvalue weighted by Gasteiger charge is -1.97. The van der Waals surface area contributed by atoms with Crippen molar-refractivity contribution in [1.29, 1.82) is 0 Å². The summed E-state index contributed by atoms with van der Waals surface area (Å²) in [5.74, 6) is 0.000993. The Hall–Kier alpha value is -0.870. The van der Waals surface area contributed by atoms with Crippen LogP contribution in [0.15, 0.2) is 16.7 Å². The van der Waals surface area contributed by atoms with Crippen LogP contribution in [0.3, 0.4) is 0 Å². The number of pyridine rings is 1. The minimum absolute atomic E-state index is 0.000993. The quantitative estimate of drug-likeness (QED) is 0.641. The zero-order valence-electron chi connectivity index (χ0n) is 7.27. The highest BCUT2D eigenvalue weighted by Crippen LogP contribution is 2.28. The molecule has 0 amide bonds. The van der Waals surface area contributed by atoms with Gasteiger partial charge in [-0.05, 0) is 28.9 Å². The number of H-pyrrole nitrogens is 1. The molecule has 0 aliphatic heterocycles. The lowest BCUT2D eigenvalue weighted by Crippen LogP contribution is -1.90. The molecule has 1 N–H and O–H groups in total. The molecule has 0 aromatic carbocycles. The number of nitrogens with one attached hydrogen (secondary N) is 1. The van der Waals surface area contributed by atoms with Crippen molar-refractivity contribution >= 4 is 44.3 Å². The predicted molar refractivity (Wildman–Crippen MR) is 58.8 cm³/mol. The molecule has 0 bridgehead atoms. The smallest absolute Gasteiger partial charge is 0.162 e. The summed E-state index contributed by atoms with van der Waals surface area (Å²) >= 11 is 9.12. The van der Waals surface area contributed by atoms with Crippen LogP contribution < -0.4 is 0 Å². The first kappa shape index (κ1) is 9.68. The van der Waals surface area contributed by atoms with Crippen LogP contribution in [0.1, 0.15) is 17.3 Å². The van der Waals surface area contributed by atoms with E-state index in [-0.39, 0.29) is 5.78 Å². The molecule has 0 atom stereocenters. The number of ketones is 1. The van der Waals surface area contributed by atoms with Crippen molar-refractivity contribution in [1.82, 2.24) is 9.97 Å². The first-order chi connectivity index (χ1) is 6.59. The largest absolute Gasteiger partial charge is 0.345 e. The second kappa shape index (κ2) is 3.37. The molecule has 0 radical (unpaired) electrons. The van der Waals surface area contributed by atoms with Crippen LogP contribution in [0.5, 0.6) is 0 Å². The number of rotatable bonds is 1. The third kappa shape index (κ3) is 1.44. The van der Waals surface area contributed by atoms with E-state index in [4.69, 9.17) is 11.6 Å².